The second-order valence-corrected chi connectivity index (χ2v) is 11.6. The second kappa shape index (κ2) is 11.8. The van der Waals surface area contributed by atoms with Gasteiger partial charge in [0.05, 0.1) is 28.9 Å². The van der Waals surface area contributed by atoms with E-state index in [1.54, 1.807) is 4.90 Å². The first-order chi connectivity index (χ1) is 19.5. The molecule has 1 unspecified atom stereocenters. The first-order valence-electron chi connectivity index (χ1n) is 13.3. The number of rotatable bonds is 8. The molecule has 0 spiro atoms. The van der Waals surface area contributed by atoms with Crippen LogP contribution >= 0.6 is 24.0 Å². The van der Waals surface area contributed by atoms with Gasteiger partial charge in [0.1, 0.15) is 16.7 Å². The van der Waals surface area contributed by atoms with E-state index in [2.05, 4.69) is 31.2 Å². The van der Waals surface area contributed by atoms with E-state index in [-0.39, 0.29) is 12.0 Å². The molecule has 1 atom stereocenters. The fraction of sp³-hybridized carbons (Fsp3) is 0.219. The van der Waals surface area contributed by atoms with Gasteiger partial charge in [-0.1, -0.05) is 72.0 Å². The van der Waals surface area contributed by atoms with Gasteiger partial charge in [-0.3, -0.25) is 9.69 Å². The van der Waals surface area contributed by atoms with Gasteiger partial charge in [0.2, 0.25) is 0 Å². The Balaban J connectivity index is 1.27. The van der Waals surface area contributed by atoms with Crippen molar-refractivity contribution in [3.63, 3.8) is 0 Å². The van der Waals surface area contributed by atoms with Gasteiger partial charge < -0.3 is 9.47 Å². The highest BCUT2D eigenvalue weighted by Gasteiger charge is 2.35. The first-order valence-corrected chi connectivity index (χ1v) is 14.6. The molecule has 0 bridgehead atoms. The molecular weight excluding hydrogens is 539 g/mol. The molecular formula is C32H29N3O3S2. The SMILES string of the molecule is Cc1ccc(COc2ccc(-c3nn(-c4ccccc4)cc3C=C3SC(=S)N(CC4CCCO4)C3=O)cc2)cc1. The molecule has 0 radical (unpaired) electrons. The molecule has 1 aromatic heterocycles. The first kappa shape index (κ1) is 26.5. The average molecular weight is 568 g/mol. The number of carbonyl (C=O) groups is 1. The Labute approximate surface area is 243 Å². The van der Waals surface area contributed by atoms with E-state index in [0.29, 0.717) is 22.4 Å². The van der Waals surface area contributed by atoms with Crippen LogP contribution in [-0.2, 0) is 16.1 Å². The Bertz CT molecular complexity index is 1540. The predicted octanol–water partition coefficient (Wildman–Crippen LogP) is 6.81. The van der Waals surface area contributed by atoms with Gasteiger partial charge >= 0.3 is 0 Å². The maximum absolute atomic E-state index is 13.3. The Morgan fingerprint density at radius 2 is 1.85 bits per heavy atom. The van der Waals surface area contributed by atoms with Crippen LogP contribution in [0.1, 0.15) is 29.5 Å². The van der Waals surface area contributed by atoms with Crippen LogP contribution in [0.25, 0.3) is 23.0 Å². The van der Waals surface area contributed by atoms with E-state index in [4.69, 9.17) is 26.8 Å². The molecule has 4 aromatic rings. The Morgan fingerprint density at radius 3 is 2.58 bits per heavy atom. The zero-order valence-electron chi connectivity index (χ0n) is 22.2. The highest BCUT2D eigenvalue weighted by Crippen LogP contribution is 2.36. The zero-order valence-corrected chi connectivity index (χ0v) is 23.8. The molecule has 2 fully saturated rings. The topological polar surface area (TPSA) is 56.6 Å². The van der Waals surface area contributed by atoms with Crippen molar-refractivity contribution in [2.24, 2.45) is 0 Å². The van der Waals surface area contributed by atoms with Crippen molar-refractivity contribution in [1.29, 1.82) is 0 Å². The van der Waals surface area contributed by atoms with Crippen LogP contribution in [-0.4, -0.2) is 44.2 Å². The van der Waals surface area contributed by atoms with Crippen LogP contribution in [0.15, 0.2) is 90.0 Å². The zero-order chi connectivity index (χ0) is 27.5. The summed E-state index contributed by atoms with van der Waals surface area (Å²) in [6, 6.07) is 26.2. The lowest BCUT2D eigenvalue weighted by Gasteiger charge is -2.18. The molecule has 202 valence electrons. The number of benzene rings is 3. The van der Waals surface area contributed by atoms with Crippen LogP contribution in [0.5, 0.6) is 5.75 Å². The Hall–Kier alpha value is -3.72. The highest BCUT2D eigenvalue weighted by atomic mass is 32.2. The van der Waals surface area contributed by atoms with E-state index in [0.717, 1.165) is 53.3 Å². The fourth-order valence-corrected chi connectivity index (χ4v) is 6.05. The van der Waals surface area contributed by atoms with Crippen LogP contribution in [0, 0.1) is 6.92 Å². The van der Waals surface area contributed by atoms with Crippen LogP contribution in [0.3, 0.4) is 0 Å². The molecule has 0 N–H and O–H groups in total. The quantitative estimate of drug-likeness (QED) is 0.172. The number of carbonyl (C=O) groups excluding carboxylic acids is 1. The number of ether oxygens (including phenoxy) is 2. The number of hydrogen-bond acceptors (Lipinski definition) is 6. The third kappa shape index (κ3) is 5.89. The van der Waals surface area contributed by atoms with Crippen LogP contribution in [0.2, 0.25) is 0 Å². The number of hydrogen-bond donors (Lipinski definition) is 0. The van der Waals surface area contributed by atoms with Gasteiger partial charge in [-0.25, -0.2) is 4.68 Å². The average Bonchev–Trinajstić information content (AvgIpc) is 3.71. The minimum atomic E-state index is -0.0798. The fourth-order valence-electron chi connectivity index (χ4n) is 4.78. The number of aryl methyl sites for hydroxylation is 1. The van der Waals surface area contributed by atoms with Crippen molar-refractivity contribution < 1.29 is 14.3 Å². The standard InChI is InChI=1S/C32H29N3O3S2/c1-22-9-11-23(12-10-22)21-38-27-15-13-24(14-16-27)30-25(19-35(33-30)26-6-3-2-4-7-26)18-29-31(36)34(32(39)40-29)20-28-8-5-17-37-28/h2-4,6-7,9-16,18-19,28H,5,8,17,20-21H2,1H3. The predicted molar refractivity (Wildman–Crippen MR) is 163 cm³/mol. The summed E-state index contributed by atoms with van der Waals surface area (Å²) < 4.78 is 14.2. The number of aromatic nitrogens is 2. The number of amides is 1. The largest absolute Gasteiger partial charge is 0.489 e. The molecule has 3 aromatic carbocycles. The van der Waals surface area contributed by atoms with Crippen molar-refractivity contribution in [3.8, 4) is 22.7 Å². The molecule has 1 amide bonds. The summed E-state index contributed by atoms with van der Waals surface area (Å²) in [5.74, 6) is 0.701. The summed E-state index contributed by atoms with van der Waals surface area (Å²) in [7, 11) is 0. The van der Waals surface area contributed by atoms with E-state index in [1.807, 2.05) is 71.6 Å². The monoisotopic (exact) mass is 567 g/mol. The summed E-state index contributed by atoms with van der Waals surface area (Å²) in [5.41, 5.74) is 5.83. The summed E-state index contributed by atoms with van der Waals surface area (Å²) in [4.78, 5) is 15.6. The van der Waals surface area contributed by atoms with Crippen molar-refractivity contribution in [2.75, 3.05) is 13.2 Å². The van der Waals surface area contributed by atoms with Gasteiger partial charge in [-0.05, 0) is 67.8 Å². The van der Waals surface area contributed by atoms with Crippen molar-refractivity contribution in [1.82, 2.24) is 14.7 Å². The normalized spacial score (nSPS) is 18.2. The van der Waals surface area contributed by atoms with E-state index in [1.165, 1.54) is 17.3 Å². The lowest BCUT2D eigenvalue weighted by Crippen LogP contribution is -2.35. The molecule has 6 rings (SSSR count). The van der Waals surface area contributed by atoms with E-state index >= 15 is 0 Å². The number of nitrogens with zero attached hydrogens (tertiary/aromatic N) is 3. The van der Waals surface area contributed by atoms with Crippen molar-refractivity contribution in [2.45, 2.75) is 32.5 Å². The minimum Gasteiger partial charge on any atom is -0.489 e. The maximum Gasteiger partial charge on any atom is 0.266 e. The molecule has 0 saturated carbocycles. The minimum absolute atomic E-state index is 0.0463. The van der Waals surface area contributed by atoms with Gasteiger partial charge in [-0.15, -0.1) is 0 Å². The number of thioether (sulfide) groups is 1. The molecule has 2 aliphatic rings. The summed E-state index contributed by atoms with van der Waals surface area (Å²) in [6.07, 6.45) is 5.88. The lowest BCUT2D eigenvalue weighted by atomic mass is 10.1. The molecule has 40 heavy (non-hydrogen) atoms. The maximum atomic E-state index is 13.3. The van der Waals surface area contributed by atoms with Gasteiger partial charge in [0.25, 0.3) is 5.91 Å². The molecule has 2 saturated heterocycles. The molecule has 3 heterocycles. The Morgan fingerprint density at radius 1 is 1.07 bits per heavy atom. The summed E-state index contributed by atoms with van der Waals surface area (Å²) in [6.45, 7) is 3.82. The van der Waals surface area contributed by atoms with Crippen LogP contribution in [0.4, 0.5) is 0 Å². The molecule has 2 aliphatic heterocycles. The third-order valence-corrected chi connectivity index (χ3v) is 8.37. The summed E-state index contributed by atoms with van der Waals surface area (Å²) in [5, 5.41) is 4.91. The van der Waals surface area contributed by atoms with Crippen molar-refractivity contribution in [3.05, 3.63) is 107 Å². The van der Waals surface area contributed by atoms with E-state index < -0.39 is 0 Å². The smallest absolute Gasteiger partial charge is 0.266 e. The van der Waals surface area contributed by atoms with Gasteiger partial charge in [0.15, 0.2) is 0 Å². The number of para-hydroxylation sites is 1. The number of thiocarbonyl (C=S) groups is 1. The molecule has 0 aliphatic carbocycles. The van der Waals surface area contributed by atoms with Gasteiger partial charge in [0, 0.05) is 23.9 Å². The third-order valence-electron chi connectivity index (χ3n) is 6.99. The Kier molecular flexibility index (Phi) is 7.82. The molecule has 6 nitrogen and oxygen atoms in total. The van der Waals surface area contributed by atoms with Crippen LogP contribution < -0.4 is 4.74 Å². The van der Waals surface area contributed by atoms with Gasteiger partial charge in [-0.2, -0.15) is 5.10 Å². The second-order valence-electron chi connectivity index (χ2n) is 9.94. The van der Waals surface area contributed by atoms with E-state index in [9.17, 15) is 4.79 Å². The van der Waals surface area contributed by atoms with Crippen molar-refractivity contribution >= 4 is 40.3 Å². The lowest BCUT2D eigenvalue weighted by molar-refractivity contribution is -0.123. The highest BCUT2D eigenvalue weighted by molar-refractivity contribution is 8.26. The summed E-state index contributed by atoms with van der Waals surface area (Å²) >= 11 is 6.90. The molecule has 8 heteroatoms.